The van der Waals surface area contributed by atoms with Crippen molar-refractivity contribution in [3.05, 3.63) is 83.6 Å². The average Bonchev–Trinajstić information content (AvgIpc) is 3.87. The Bertz CT molecular complexity index is 1750. The topological polar surface area (TPSA) is 189 Å². The molecular formula is C30H27N9O4. The molecule has 13 nitrogen and oxygen atoms in total. The largest absolute Gasteiger partial charge is 0.494 e. The van der Waals surface area contributed by atoms with Crippen LogP contribution in [0.4, 0.5) is 17.2 Å². The first-order valence-electron chi connectivity index (χ1n) is 13.3. The number of amides is 3. The molecule has 0 radical (unpaired) electrons. The summed E-state index contributed by atoms with van der Waals surface area (Å²) in [5.74, 6) is -0.695. The van der Waals surface area contributed by atoms with Gasteiger partial charge in [-0.15, -0.1) is 10.2 Å². The van der Waals surface area contributed by atoms with Crippen LogP contribution in [0.2, 0.25) is 0 Å². The van der Waals surface area contributed by atoms with Crippen molar-refractivity contribution in [2.24, 2.45) is 11.7 Å². The number of nitrogens with two attached hydrogens (primary N) is 1. The molecule has 1 aliphatic rings. The van der Waals surface area contributed by atoms with E-state index in [2.05, 4.69) is 36.9 Å². The van der Waals surface area contributed by atoms with Crippen LogP contribution in [0, 0.1) is 17.2 Å². The summed E-state index contributed by atoms with van der Waals surface area (Å²) in [7, 11) is 3.13. The number of hydrogen-bond donors (Lipinski definition) is 3. The smallest absolute Gasteiger partial charge is 0.272 e. The Balaban J connectivity index is 1.37. The number of nitrogens with one attached hydrogen (secondary N) is 2. The van der Waals surface area contributed by atoms with Crippen LogP contribution in [0.1, 0.15) is 45.1 Å². The fourth-order valence-electron chi connectivity index (χ4n) is 4.36. The van der Waals surface area contributed by atoms with Crippen molar-refractivity contribution in [3.8, 4) is 22.9 Å². The molecule has 1 fully saturated rings. The number of para-hydroxylation sites is 1. The number of primary amides is 1. The van der Waals surface area contributed by atoms with Crippen LogP contribution in [0.5, 0.6) is 5.75 Å². The molecule has 0 unspecified atom stereocenters. The van der Waals surface area contributed by atoms with E-state index in [0.29, 0.717) is 33.8 Å². The van der Waals surface area contributed by atoms with Gasteiger partial charge in [0.2, 0.25) is 5.91 Å². The Hall–Kier alpha value is -5.90. The highest BCUT2D eigenvalue weighted by molar-refractivity contribution is 5.99. The summed E-state index contributed by atoms with van der Waals surface area (Å²) in [6, 6.07) is 15.5. The van der Waals surface area contributed by atoms with E-state index in [1.165, 1.54) is 24.3 Å². The van der Waals surface area contributed by atoms with E-state index in [9.17, 15) is 14.4 Å². The number of benzene rings is 1. The minimum Gasteiger partial charge on any atom is -0.494 e. The molecule has 0 aliphatic heterocycles. The van der Waals surface area contributed by atoms with Crippen molar-refractivity contribution in [1.29, 1.82) is 5.26 Å². The first-order valence-corrected chi connectivity index (χ1v) is 13.3. The monoisotopic (exact) mass is 577 g/mol. The molecule has 3 amide bonds. The molecule has 1 aromatic carbocycles. The lowest BCUT2D eigenvalue weighted by molar-refractivity contribution is -0.117. The standard InChI is InChI=1S/C30H27N9O4/c1-39(16-20-12-17(14-31)10-11-33-20)30(42)23-9-8-19(15-34-23)21-4-3-5-22(27(21)43-2)35-24-13-25(36-29(41)18-6-7-18)37-38-26(24)28(32)40/h3-5,8-13,15,18H,6-7,16H2,1-2H3,(H2,32,40)(H2,35,36,37,41). The van der Waals surface area contributed by atoms with Crippen LogP contribution in [-0.4, -0.2) is 56.9 Å². The summed E-state index contributed by atoms with van der Waals surface area (Å²) in [5.41, 5.74) is 8.75. The van der Waals surface area contributed by atoms with Crippen molar-refractivity contribution in [3.63, 3.8) is 0 Å². The SMILES string of the molecule is COc1c(Nc2cc(NC(=O)C3CC3)nnc2C(N)=O)cccc1-c1ccc(C(=O)N(C)Cc2cc(C#N)ccn2)nc1. The molecule has 5 rings (SSSR count). The summed E-state index contributed by atoms with van der Waals surface area (Å²) in [4.78, 5) is 47.4. The lowest BCUT2D eigenvalue weighted by atomic mass is 10.0. The molecule has 216 valence electrons. The Kier molecular flexibility index (Phi) is 8.20. The average molecular weight is 578 g/mol. The van der Waals surface area contributed by atoms with Gasteiger partial charge >= 0.3 is 0 Å². The molecule has 4 aromatic rings. The van der Waals surface area contributed by atoms with Gasteiger partial charge in [0.1, 0.15) is 11.4 Å². The van der Waals surface area contributed by atoms with E-state index in [0.717, 1.165) is 12.8 Å². The highest BCUT2D eigenvalue weighted by Gasteiger charge is 2.30. The fourth-order valence-corrected chi connectivity index (χ4v) is 4.36. The van der Waals surface area contributed by atoms with Gasteiger partial charge in [0.15, 0.2) is 11.5 Å². The number of methoxy groups -OCH3 is 1. The second-order valence-electron chi connectivity index (χ2n) is 9.87. The summed E-state index contributed by atoms with van der Waals surface area (Å²) < 4.78 is 5.72. The van der Waals surface area contributed by atoms with Crippen LogP contribution < -0.4 is 21.1 Å². The minimum atomic E-state index is -0.798. The van der Waals surface area contributed by atoms with Crippen molar-refractivity contribution in [2.75, 3.05) is 24.8 Å². The molecule has 43 heavy (non-hydrogen) atoms. The van der Waals surface area contributed by atoms with E-state index in [1.54, 1.807) is 49.6 Å². The number of nitriles is 1. The van der Waals surface area contributed by atoms with Gasteiger partial charge in [0.05, 0.1) is 42.4 Å². The summed E-state index contributed by atoms with van der Waals surface area (Å²) >= 11 is 0. The van der Waals surface area contributed by atoms with E-state index in [1.807, 2.05) is 6.07 Å². The third-order valence-electron chi connectivity index (χ3n) is 6.70. The van der Waals surface area contributed by atoms with Gasteiger partial charge in [-0.05, 0) is 37.1 Å². The molecule has 0 bridgehead atoms. The number of ether oxygens (including phenoxy) is 1. The van der Waals surface area contributed by atoms with Gasteiger partial charge in [-0.1, -0.05) is 18.2 Å². The van der Waals surface area contributed by atoms with Gasteiger partial charge in [0, 0.05) is 42.6 Å². The number of aromatic nitrogens is 4. The normalized spacial score (nSPS) is 12.1. The Morgan fingerprint density at radius 1 is 1.09 bits per heavy atom. The van der Waals surface area contributed by atoms with E-state index >= 15 is 0 Å². The maximum absolute atomic E-state index is 13.0. The van der Waals surface area contributed by atoms with Crippen molar-refractivity contribution < 1.29 is 19.1 Å². The van der Waals surface area contributed by atoms with E-state index < -0.39 is 5.91 Å². The van der Waals surface area contributed by atoms with Gasteiger partial charge in [0.25, 0.3) is 11.8 Å². The third kappa shape index (κ3) is 6.54. The van der Waals surface area contributed by atoms with Crippen LogP contribution in [0.3, 0.4) is 0 Å². The van der Waals surface area contributed by atoms with Gasteiger partial charge in [-0.2, -0.15) is 5.26 Å². The number of hydrogen-bond acceptors (Lipinski definition) is 10. The van der Waals surface area contributed by atoms with E-state index in [4.69, 9.17) is 15.7 Å². The van der Waals surface area contributed by atoms with Gasteiger partial charge < -0.3 is 26.0 Å². The zero-order valence-corrected chi connectivity index (χ0v) is 23.4. The lowest BCUT2D eigenvalue weighted by Crippen LogP contribution is -2.27. The minimum absolute atomic E-state index is 0.0417. The van der Waals surface area contributed by atoms with Gasteiger partial charge in [-0.25, -0.2) is 0 Å². The molecule has 4 N–H and O–H groups in total. The number of carbonyl (C=O) groups is 3. The molecule has 1 saturated carbocycles. The predicted molar refractivity (Wildman–Crippen MR) is 156 cm³/mol. The Morgan fingerprint density at radius 3 is 2.58 bits per heavy atom. The second-order valence-corrected chi connectivity index (χ2v) is 9.87. The number of rotatable bonds is 10. The number of anilines is 3. The number of pyridine rings is 2. The maximum atomic E-state index is 13.0. The first-order chi connectivity index (χ1) is 20.8. The summed E-state index contributed by atoms with van der Waals surface area (Å²) in [6.07, 6.45) is 4.74. The van der Waals surface area contributed by atoms with Gasteiger partial charge in [-0.3, -0.25) is 24.4 Å². The zero-order valence-electron chi connectivity index (χ0n) is 23.4. The maximum Gasteiger partial charge on any atom is 0.272 e. The highest BCUT2D eigenvalue weighted by atomic mass is 16.5. The molecule has 3 aromatic heterocycles. The van der Waals surface area contributed by atoms with Crippen LogP contribution >= 0.6 is 0 Å². The van der Waals surface area contributed by atoms with Crippen LogP contribution in [0.15, 0.2) is 60.9 Å². The molecule has 13 heteroatoms. The Morgan fingerprint density at radius 2 is 1.91 bits per heavy atom. The number of nitrogens with zero attached hydrogens (tertiary/aromatic N) is 6. The molecular weight excluding hydrogens is 550 g/mol. The summed E-state index contributed by atoms with van der Waals surface area (Å²) in [5, 5.41) is 22.8. The molecule has 0 atom stereocenters. The van der Waals surface area contributed by atoms with Crippen LogP contribution in [0.25, 0.3) is 11.1 Å². The predicted octanol–water partition coefficient (Wildman–Crippen LogP) is 3.28. The van der Waals surface area contributed by atoms with Crippen molar-refractivity contribution in [1.82, 2.24) is 25.1 Å². The van der Waals surface area contributed by atoms with E-state index in [-0.39, 0.29) is 47.2 Å². The molecule has 0 spiro atoms. The third-order valence-corrected chi connectivity index (χ3v) is 6.70. The quantitative estimate of drug-likeness (QED) is 0.252. The highest BCUT2D eigenvalue weighted by Crippen LogP contribution is 2.38. The van der Waals surface area contributed by atoms with Crippen molar-refractivity contribution >= 4 is 34.9 Å². The molecule has 0 saturated heterocycles. The lowest BCUT2D eigenvalue weighted by Gasteiger charge is -2.18. The molecule has 3 heterocycles. The number of carbonyl (C=O) groups excluding carboxylic acids is 3. The van der Waals surface area contributed by atoms with Crippen LogP contribution in [-0.2, 0) is 11.3 Å². The fraction of sp³-hybridized carbons (Fsp3) is 0.200. The first kappa shape index (κ1) is 28.6. The summed E-state index contributed by atoms with van der Waals surface area (Å²) in [6.45, 7) is 0.211. The molecule has 1 aliphatic carbocycles. The zero-order chi connectivity index (χ0) is 30.5. The second kappa shape index (κ2) is 12.3. The Labute approximate surface area is 246 Å². The van der Waals surface area contributed by atoms with Crippen molar-refractivity contribution in [2.45, 2.75) is 19.4 Å².